The molecule has 0 bridgehead atoms. The minimum atomic E-state index is -1.52. The van der Waals surface area contributed by atoms with Gasteiger partial charge in [0, 0.05) is 37.8 Å². The van der Waals surface area contributed by atoms with E-state index in [2.05, 4.69) is 10.6 Å². The second-order valence-electron chi connectivity index (χ2n) is 14.7. The summed E-state index contributed by atoms with van der Waals surface area (Å²) in [6.45, 7) is 4.85. The topological polar surface area (TPSA) is 339 Å². The van der Waals surface area contributed by atoms with Gasteiger partial charge in [0.25, 0.3) is 0 Å². The van der Waals surface area contributed by atoms with Gasteiger partial charge in [0.2, 0.25) is 11.8 Å². The van der Waals surface area contributed by atoms with Crippen LogP contribution in [0, 0.1) is 5.41 Å². The molecule has 0 spiro atoms. The van der Waals surface area contributed by atoms with Crippen LogP contribution in [0.15, 0.2) is 0 Å². The number of carbonyl (C=O) groups excluding carboxylic acids is 3. The number of carbonyl (C=O) groups is 3. The normalized spacial score (nSPS) is 21.9. The summed E-state index contributed by atoms with van der Waals surface area (Å²) in [5.41, 5.74) is -0.627. The van der Waals surface area contributed by atoms with E-state index in [1.165, 1.54) is 6.92 Å². The van der Waals surface area contributed by atoms with Gasteiger partial charge in [0.15, 0.2) is 12.6 Å². The number of nitrogens with one attached hydrogen (secondary N) is 2. The van der Waals surface area contributed by atoms with Crippen LogP contribution in [0.4, 0.5) is 0 Å². The van der Waals surface area contributed by atoms with Crippen molar-refractivity contribution in [1.82, 2.24) is 10.6 Å². The Hall–Kier alpha value is -2.15. The van der Waals surface area contributed by atoms with Crippen molar-refractivity contribution in [1.29, 1.82) is 0 Å². The van der Waals surface area contributed by atoms with Gasteiger partial charge in [-0.25, -0.2) is 0 Å². The molecule has 0 radical (unpaired) electrons. The van der Waals surface area contributed by atoms with Crippen LogP contribution in [0.25, 0.3) is 0 Å². The van der Waals surface area contributed by atoms with E-state index in [1.54, 1.807) is 0 Å². The largest absolute Gasteiger partial charge is 0.394 e. The van der Waals surface area contributed by atoms with Crippen molar-refractivity contribution in [2.24, 2.45) is 5.41 Å². The molecule has 372 valence electrons. The Morgan fingerprint density at radius 2 is 1.17 bits per heavy atom. The van der Waals surface area contributed by atoms with E-state index in [-0.39, 0.29) is 150 Å². The lowest BCUT2D eigenvalue weighted by Gasteiger charge is -2.39. The number of hydrogen-bond acceptors (Lipinski definition) is 22. The molecule has 9 unspecified atom stereocenters. The highest BCUT2D eigenvalue weighted by molar-refractivity contribution is 5.76. The molecule has 1 aliphatic heterocycles. The highest BCUT2D eigenvalue weighted by Crippen LogP contribution is 2.22. The molecule has 1 aliphatic rings. The maximum atomic E-state index is 12.3. The van der Waals surface area contributed by atoms with Crippen LogP contribution >= 0.6 is 0 Å². The molecule has 0 aromatic rings. The average Bonchev–Trinajstić information content (AvgIpc) is 3.27. The van der Waals surface area contributed by atoms with Crippen molar-refractivity contribution in [3.05, 3.63) is 0 Å². The van der Waals surface area contributed by atoms with Crippen LogP contribution in [0.2, 0.25) is 0 Å². The van der Waals surface area contributed by atoms with Crippen LogP contribution in [0.1, 0.15) is 33.1 Å². The maximum absolute atomic E-state index is 12.3. The predicted octanol–water partition coefficient (Wildman–Crippen LogP) is -5.02. The number of hydrogen-bond donors (Lipinski definition) is 10. The van der Waals surface area contributed by atoms with Crippen molar-refractivity contribution in [2.45, 2.75) is 88.4 Å². The summed E-state index contributed by atoms with van der Waals surface area (Å²) in [6.07, 6.45) is -10.3. The monoisotopic (exact) mass is 922 g/mol. The molecule has 1 saturated heterocycles. The van der Waals surface area contributed by atoms with E-state index in [1.807, 2.05) is 6.92 Å². The SMILES string of the molecule is CC(O)C(CO)OC(OCCOCCOCCNC(=O)CCOCC(C)(COCCC=O)COCCC(=O)NCCOCCOCCOC1OC(CO)C(O)C(O)C1O)[C@H](O)CO. The van der Waals surface area contributed by atoms with Crippen molar-refractivity contribution in [3.8, 4) is 0 Å². The molecule has 0 aromatic heterocycles. The smallest absolute Gasteiger partial charge is 0.222 e. The fourth-order valence-electron chi connectivity index (χ4n) is 5.35. The molecule has 24 heteroatoms. The Morgan fingerprint density at radius 3 is 1.67 bits per heavy atom. The average molecular weight is 923 g/mol. The van der Waals surface area contributed by atoms with Gasteiger partial charge in [-0.1, -0.05) is 6.92 Å². The van der Waals surface area contributed by atoms with E-state index in [9.17, 15) is 55.2 Å². The van der Waals surface area contributed by atoms with Gasteiger partial charge in [0.05, 0.1) is 132 Å². The van der Waals surface area contributed by atoms with E-state index in [0.717, 1.165) is 6.29 Å². The van der Waals surface area contributed by atoms with E-state index in [0.29, 0.717) is 0 Å². The second kappa shape index (κ2) is 37.0. The molecular formula is C39H74N2O22. The molecule has 1 heterocycles. The highest BCUT2D eigenvalue weighted by atomic mass is 16.7. The lowest BCUT2D eigenvalue weighted by Crippen LogP contribution is -2.59. The summed E-state index contributed by atoms with van der Waals surface area (Å²) in [7, 11) is 0. The first kappa shape index (κ1) is 58.9. The fraction of sp³-hybridized carbons (Fsp3) is 0.923. The molecular weight excluding hydrogens is 848 g/mol. The first-order chi connectivity index (χ1) is 30.3. The Morgan fingerprint density at radius 1 is 0.667 bits per heavy atom. The molecule has 0 saturated carbocycles. The highest BCUT2D eigenvalue weighted by Gasteiger charge is 2.44. The third-order valence-corrected chi connectivity index (χ3v) is 8.96. The van der Waals surface area contributed by atoms with Crippen LogP contribution in [0.3, 0.4) is 0 Å². The molecule has 24 nitrogen and oxygen atoms in total. The van der Waals surface area contributed by atoms with Crippen LogP contribution in [-0.4, -0.2) is 253 Å². The lowest BCUT2D eigenvalue weighted by molar-refractivity contribution is -0.302. The van der Waals surface area contributed by atoms with Gasteiger partial charge < -0.3 is 108 Å². The first-order valence-electron chi connectivity index (χ1n) is 21.1. The second-order valence-corrected chi connectivity index (χ2v) is 14.7. The minimum absolute atomic E-state index is 0.00126. The summed E-state index contributed by atoms with van der Waals surface area (Å²) in [5, 5.41) is 82.2. The summed E-state index contributed by atoms with van der Waals surface area (Å²) in [4.78, 5) is 35.3. The zero-order valence-corrected chi connectivity index (χ0v) is 36.5. The number of aldehydes is 1. The van der Waals surface area contributed by atoms with Gasteiger partial charge in [-0.15, -0.1) is 0 Å². The summed E-state index contributed by atoms with van der Waals surface area (Å²) in [5.74, 6) is -0.478. The van der Waals surface area contributed by atoms with E-state index >= 15 is 0 Å². The molecule has 0 aliphatic carbocycles. The Kier molecular flexibility index (Phi) is 34.6. The van der Waals surface area contributed by atoms with Gasteiger partial charge in [-0.2, -0.15) is 0 Å². The predicted molar refractivity (Wildman–Crippen MR) is 216 cm³/mol. The van der Waals surface area contributed by atoms with Crippen LogP contribution in [0.5, 0.6) is 0 Å². The molecule has 63 heavy (non-hydrogen) atoms. The van der Waals surface area contributed by atoms with Gasteiger partial charge in [0.1, 0.15) is 42.9 Å². The number of amides is 2. The summed E-state index contributed by atoms with van der Waals surface area (Å²) < 4.78 is 60.1. The third-order valence-electron chi connectivity index (χ3n) is 8.96. The van der Waals surface area contributed by atoms with Crippen molar-refractivity contribution >= 4 is 18.1 Å². The molecule has 1 rings (SSSR count). The quantitative estimate of drug-likeness (QED) is 0.0156. The molecule has 10 N–H and O–H groups in total. The lowest BCUT2D eigenvalue weighted by atomic mass is 9.94. The summed E-state index contributed by atoms with van der Waals surface area (Å²) in [6, 6.07) is 0. The van der Waals surface area contributed by atoms with Crippen LogP contribution < -0.4 is 10.6 Å². The number of rotatable bonds is 42. The zero-order chi connectivity index (χ0) is 46.7. The van der Waals surface area contributed by atoms with Crippen molar-refractivity contribution in [3.63, 3.8) is 0 Å². The molecule has 0 aromatic carbocycles. The number of aliphatic hydroxyl groups is 8. The third kappa shape index (κ3) is 27.8. The van der Waals surface area contributed by atoms with Crippen molar-refractivity contribution in [2.75, 3.05) is 139 Å². The molecule has 10 atom stereocenters. The standard InChI is InChI=1S/C39H74N2O22/c1-28(46)30(23-44)62-37(29(47)22-43)60-20-18-55-16-14-53-12-6-40-32(48)4-10-58-26-39(2,25-57-9-3-8-42)27-59-11-5-33(49)41-7-13-54-15-17-56-19-21-61-38-36(52)35(51)34(50)31(24-45)63-38/h8,28-31,34-38,43-47,50-52H,3-7,9-27H2,1-2H3,(H,40,48)(H,41,49)/t28?,29-,30?,31?,34?,35?,36?,37?,38?,39?/m1/s1. The Balaban J connectivity index is 2.15. The van der Waals surface area contributed by atoms with E-state index < -0.39 is 80.5 Å². The fourth-order valence-corrected chi connectivity index (χ4v) is 5.35. The Labute approximate surface area is 368 Å². The minimum Gasteiger partial charge on any atom is -0.394 e. The zero-order valence-electron chi connectivity index (χ0n) is 36.5. The number of ether oxygens (including phenoxy) is 11. The number of aliphatic hydroxyl groups excluding tert-OH is 8. The van der Waals surface area contributed by atoms with Crippen molar-refractivity contribution < 1.29 is 107 Å². The van der Waals surface area contributed by atoms with Gasteiger partial charge in [-0.05, 0) is 6.92 Å². The molecule has 2 amide bonds. The van der Waals surface area contributed by atoms with Gasteiger partial charge in [-0.3, -0.25) is 9.59 Å². The first-order valence-corrected chi connectivity index (χ1v) is 21.1. The summed E-state index contributed by atoms with van der Waals surface area (Å²) >= 11 is 0. The Bertz CT molecular complexity index is 1150. The van der Waals surface area contributed by atoms with Crippen LogP contribution in [-0.2, 0) is 66.5 Å². The van der Waals surface area contributed by atoms with Gasteiger partial charge >= 0.3 is 0 Å². The van der Waals surface area contributed by atoms with E-state index in [4.69, 9.17) is 52.1 Å². The molecule has 1 fully saturated rings. The maximum Gasteiger partial charge on any atom is 0.222 e.